The van der Waals surface area contributed by atoms with Gasteiger partial charge in [-0.2, -0.15) is 0 Å². The molecule has 2 aromatic rings. The van der Waals surface area contributed by atoms with Crippen molar-refractivity contribution in [1.29, 1.82) is 0 Å². The van der Waals surface area contributed by atoms with Gasteiger partial charge in [0.1, 0.15) is 0 Å². The summed E-state index contributed by atoms with van der Waals surface area (Å²) in [6.07, 6.45) is 6.22. The van der Waals surface area contributed by atoms with Gasteiger partial charge < -0.3 is 21.3 Å². The average molecular weight is 621 g/mol. The van der Waals surface area contributed by atoms with Gasteiger partial charge >= 0.3 is 24.1 Å². The fourth-order valence-electron chi connectivity index (χ4n) is 3.30. The molecule has 240 valence electrons. The lowest BCUT2D eigenvalue weighted by Gasteiger charge is -2.10. The summed E-state index contributed by atoms with van der Waals surface area (Å²) < 4.78 is 0. The number of anilines is 4. The Bertz CT molecular complexity index is 987. The first-order valence-corrected chi connectivity index (χ1v) is 13.8. The normalized spacial score (nSPS) is 17.5. The summed E-state index contributed by atoms with van der Waals surface area (Å²) in [5.41, 5.74) is 19.3. The molecule has 24 heteroatoms. The monoisotopic (exact) mass is 620 g/mol. The van der Waals surface area contributed by atoms with E-state index >= 15 is 0 Å². The van der Waals surface area contributed by atoms with Crippen molar-refractivity contribution in [3.8, 4) is 0 Å². The van der Waals surface area contributed by atoms with Gasteiger partial charge in [-0.3, -0.25) is 21.7 Å². The minimum atomic E-state index is -0.494. The number of rotatable bonds is 0. The van der Waals surface area contributed by atoms with Crippen molar-refractivity contribution in [3.05, 3.63) is 0 Å². The topological polar surface area (TPSA) is 316 Å². The molecule has 0 aliphatic carbocycles. The highest BCUT2D eigenvalue weighted by Gasteiger charge is 2.07. The second kappa shape index (κ2) is 19.3. The van der Waals surface area contributed by atoms with Gasteiger partial charge in [-0.05, 0) is 25.7 Å². The third-order valence-electron chi connectivity index (χ3n) is 5.46. The van der Waals surface area contributed by atoms with Gasteiger partial charge in [-0.1, -0.05) is 25.7 Å². The Balaban J connectivity index is 1.40. The van der Waals surface area contributed by atoms with Crippen LogP contribution in [-0.4, -0.2) is 91.1 Å². The molecule has 0 fully saturated rings. The van der Waals surface area contributed by atoms with Crippen LogP contribution < -0.4 is 64.7 Å². The van der Waals surface area contributed by atoms with E-state index in [2.05, 4.69) is 105 Å². The number of carbonyl (C=O) groups excluding carboxylic acids is 4. The van der Waals surface area contributed by atoms with Crippen LogP contribution in [0.5, 0.6) is 0 Å². The molecule has 4 bridgehead atoms. The Morgan fingerprint density at radius 3 is 0.705 bits per heavy atom. The van der Waals surface area contributed by atoms with Crippen molar-refractivity contribution in [1.82, 2.24) is 83.8 Å². The van der Waals surface area contributed by atoms with Crippen LogP contribution in [-0.2, 0) is 0 Å². The van der Waals surface area contributed by atoms with Gasteiger partial charge in [0, 0.05) is 26.2 Å². The highest BCUT2D eigenvalue weighted by Crippen LogP contribution is 2.00. The molecule has 0 unspecified atom stereocenters. The molecule has 0 saturated carbocycles. The molecule has 4 aliphatic rings. The van der Waals surface area contributed by atoms with Crippen molar-refractivity contribution in [2.24, 2.45) is 0 Å². The zero-order valence-corrected chi connectivity index (χ0v) is 23.7. The molecule has 2 aromatic heterocycles. The van der Waals surface area contributed by atoms with E-state index in [1.165, 1.54) is 0 Å². The Labute approximate surface area is 250 Å². The number of nitrogens with one attached hydrogen (secondary N) is 12. The zero-order chi connectivity index (χ0) is 31.2. The van der Waals surface area contributed by atoms with E-state index in [-0.39, 0.29) is 23.8 Å². The number of nitrogens with zero attached hydrogens (tertiary/aromatic N) is 8. The lowest BCUT2D eigenvalue weighted by atomic mass is 10.2. The number of aromatic nitrogens is 8. The number of hydrogen-bond acceptors (Lipinski definition) is 16. The Morgan fingerprint density at radius 1 is 0.295 bits per heavy atom. The maximum Gasteiger partial charge on any atom is 0.333 e. The second-order valence-corrected chi connectivity index (χ2v) is 8.95. The van der Waals surface area contributed by atoms with Crippen molar-refractivity contribution in [2.75, 3.05) is 47.9 Å². The molecule has 4 aliphatic heterocycles. The third-order valence-corrected chi connectivity index (χ3v) is 5.46. The summed E-state index contributed by atoms with van der Waals surface area (Å²) in [6, 6.07) is -1.97. The molecule has 12 N–H and O–H groups in total. The van der Waals surface area contributed by atoms with Crippen LogP contribution in [0.1, 0.15) is 51.4 Å². The van der Waals surface area contributed by atoms with Crippen molar-refractivity contribution < 1.29 is 19.2 Å². The predicted octanol–water partition coefficient (Wildman–Crippen LogP) is -1.81. The first-order valence-electron chi connectivity index (χ1n) is 13.8. The van der Waals surface area contributed by atoms with Gasteiger partial charge in [0.2, 0.25) is 0 Å². The first-order chi connectivity index (χ1) is 21.5. The van der Waals surface area contributed by atoms with Gasteiger partial charge in [-0.25, -0.2) is 40.9 Å². The fourth-order valence-corrected chi connectivity index (χ4v) is 3.30. The summed E-state index contributed by atoms with van der Waals surface area (Å²) in [7, 11) is 0. The maximum atomic E-state index is 11.9. The van der Waals surface area contributed by atoms with E-state index in [9.17, 15) is 19.2 Å². The molecular formula is C20H36N20O4. The van der Waals surface area contributed by atoms with E-state index in [4.69, 9.17) is 0 Å². The number of carbonyl (C=O) groups is 4. The van der Waals surface area contributed by atoms with E-state index in [0.29, 0.717) is 26.2 Å². The summed E-state index contributed by atoms with van der Waals surface area (Å²) in [5.74, 6) is -0.236. The Kier molecular flexibility index (Phi) is 14.3. The fraction of sp³-hybridized carbons (Fsp3) is 0.600. The molecule has 6 rings (SSSR count). The second-order valence-electron chi connectivity index (χ2n) is 8.95. The van der Waals surface area contributed by atoms with Crippen LogP contribution in [0.15, 0.2) is 0 Å². The summed E-state index contributed by atoms with van der Waals surface area (Å²) >= 11 is 0. The average Bonchev–Trinajstić information content (AvgIpc) is 3.03. The Hall–Kier alpha value is -5.84. The molecule has 44 heavy (non-hydrogen) atoms. The molecule has 0 radical (unpaired) electrons. The first kappa shape index (κ1) is 32.7. The van der Waals surface area contributed by atoms with Gasteiger partial charge in [0.15, 0.2) is 0 Å². The highest BCUT2D eigenvalue weighted by atomic mass is 16.2. The molecule has 0 aromatic carbocycles. The van der Waals surface area contributed by atoms with E-state index in [0.717, 1.165) is 51.4 Å². The highest BCUT2D eigenvalue weighted by molar-refractivity contribution is 5.76. The lowest BCUT2D eigenvalue weighted by molar-refractivity contribution is 0.241. The number of urea groups is 4. The van der Waals surface area contributed by atoms with Crippen LogP contribution >= 0.6 is 0 Å². The standard InChI is InChI=1S/C20H36N20O4/c41-17-21-9-5-1-2-6-10-22-18(42)38-34-14-27-31-16(32-28-14)36-40-20(44)24-12-8-4-3-7-11-23-19(43)39-35-15-29-25-13(26-30-15)33-37-17/h1-12H2,(H2,21,37,41)(H2,22,38,42)(H2,23,39,43)(H2,24,40,44)(H,25,26,33)(H,27,28,34)(H,29,30,35)(H,31,32,36). The number of hydrazine groups is 4. The summed E-state index contributed by atoms with van der Waals surface area (Å²) in [4.78, 5) is 47.6. The zero-order valence-electron chi connectivity index (χ0n) is 23.7. The van der Waals surface area contributed by atoms with E-state index < -0.39 is 24.1 Å². The van der Waals surface area contributed by atoms with Crippen LogP contribution in [0, 0.1) is 0 Å². The van der Waals surface area contributed by atoms with Gasteiger partial charge in [0.05, 0.1) is 0 Å². The van der Waals surface area contributed by atoms with Crippen molar-refractivity contribution >= 4 is 47.9 Å². The van der Waals surface area contributed by atoms with Crippen LogP contribution in [0.3, 0.4) is 0 Å². The minimum absolute atomic E-state index is 0.0589. The van der Waals surface area contributed by atoms with Crippen molar-refractivity contribution in [3.63, 3.8) is 0 Å². The van der Waals surface area contributed by atoms with E-state index in [1.807, 2.05) is 0 Å². The van der Waals surface area contributed by atoms with Crippen LogP contribution in [0.2, 0.25) is 0 Å². The van der Waals surface area contributed by atoms with Crippen molar-refractivity contribution in [2.45, 2.75) is 51.4 Å². The molecule has 0 atom stereocenters. The molecule has 8 amide bonds. The molecule has 6 heterocycles. The SMILES string of the molecule is O=C1NCCCCCCNC(=O)NNc2nnc(nn2)NNC(=O)NCCCCCCNC(=O)NNc2nnc(nn2)NN1. The molecule has 0 spiro atoms. The maximum absolute atomic E-state index is 11.9. The minimum Gasteiger partial charge on any atom is -0.337 e. The van der Waals surface area contributed by atoms with Gasteiger partial charge in [0.25, 0.3) is 23.8 Å². The number of amides is 8. The molecule has 24 nitrogen and oxygen atoms in total. The summed E-state index contributed by atoms with van der Waals surface area (Å²) in [5, 5.41) is 40.6. The van der Waals surface area contributed by atoms with E-state index in [1.54, 1.807) is 0 Å². The number of hydrogen-bond donors (Lipinski definition) is 12. The van der Waals surface area contributed by atoms with Crippen LogP contribution in [0.25, 0.3) is 0 Å². The van der Waals surface area contributed by atoms with Crippen LogP contribution in [0.4, 0.5) is 43.0 Å². The third kappa shape index (κ3) is 14.2. The predicted molar refractivity (Wildman–Crippen MR) is 153 cm³/mol. The smallest absolute Gasteiger partial charge is 0.333 e. The van der Waals surface area contributed by atoms with Gasteiger partial charge in [-0.15, -0.1) is 40.8 Å². The molecular weight excluding hydrogens is 584 g/mol. The summed E-state index contributed by atoms with van der Waals surface area (Å²) in [6.45, 7) is 1.72. The molecule has 0 saturated heterocycles. The lowest BCUT2D eigenvalue weighted by Crippen LogP contribution is -2.41. The quantitative estimate of drug-likeness (QED) is 0.154. The Morgan fingerprint density at radius 2 is 0.500 bits per heavy atom. The largest absolute Gasteiger partial charge is 0.337 e.